The van der Waals surface area contributed by atoms with E-state index in [9.17, 15) is 0 Å². The summed E-state index contributed by atoms with van der Waals surface area (Å²) in [6, 6.07) is 9.81. The SMILES string of the molecule is C[C@@H](NCc1ncccn1)c1ccccc1Cl. The molecule has 2 rings (SSSR count). The van der Waals surface area contributed by atoms with Crippen LogP contribution in [-0.2, 0) is 6.54 Å². The molecule has 2 aromatic rings. The number of aromatic nitrogens is 2. The summed E-state index contributed by atoms with van der Waals surface area (Å²) in [6.07, 6.45) is 3.48. The first kappa shape index (κ1) is 12.0. The van der Waals surface area contributed by atoms with Crippen LogP contribution in [0, 0.1) is 0 Å². The van der Waals surface area contributed by atoms with Gasteiger partial charge in [-0.1, -0.05) is 29.8 Å². The molecule has 0 amide bonds. The Hall–Kier alpha value is -1.45. The van der Waals surface area contributed by atoms with Crippen LogP contribution in [0.5, 0.6) is 0 Å². The fourth-order valence-electron chi connectivity index (χ4n) is 1.60. The van der Waals surface area contributed by atoms with Crippen molar-refractivity contribution in [3.8, 4) is 0 Å². The number of rotatable bonds is 4. The molecular formula is C13H14ClN3. The van der Waals surface area contributed by atoms with Crippen molar-refractivity contribution in [3.63, 3.8) is 0 Å². The summed E-state index contributed by atoms with van der Waals surface area (Å²) in [4.78, 5) is 8.32. The molecule has 0 bridgehead atoms. The molecule has 1 aromatic carbocycles. The normalized spacial score (nSPS) is 12.4. The second-order valence-electron chi connectivity index (χ2n) is 3.79. The van der Waals surface area contributed by atoms with Crippen molar-refractivity contribution in [1.82, 2.24) is 15.3 Å². The van der Waals surface area contributed by atoms with Crippen LogP contribution in [0.1, 0.15) is 24.4 Å². The Morgan fingerprint density at radius 2 is 1.88 bits per heavy atom. The molecule has 4 heteroatoms. The van der Waals surface area contributed by atoms with Crippen LogP contribution in [0.4, 0.5) is 0 Å². The predicted octanol–water partition coefficient (Wildman–Crippen LogP) is 2.98. The topological polar surface area (TPSA) is 37.8 Å². The minimum atomic E-state index is 0.174. The number of benzene rings is 1. The van der Waals surface area contributed by atoms with Gasteiger partial charge in [0.25, 0.3) is 0 Å². The van der Waals surface area contributed by atoms with Gasteiger partial charge in [-0.15, -0.1) is 0 Å². The molecule has 17 heavy (non-hydrogen) atoms. The number of halogens is 1. The minimum Gasteiger partial charge on any atom is -0.303 e. The lowest BCUT2D eigenvalue weighted by atomic mass is 10.1. The second kappa shape index (κ2) is 5.75. The van der Waals surface area contributed by atoms with E-state index in [0.717, 1.165) is 16.4 Å². The third-order valence-electron chi connectivity index (χ3n) is 2.56. The highest BCUT2D eigenvalue weighted by Gasteiger charge is 2.08. The van der Waals surface area contributed by atoms with Crippen LogP contribution in [0.15, 0.2) is 42.7 Å². The zero-order valence-corrected chi connectivity index (χ0v) is 10.4. The molecule has 0 fully saturated rings. The van der Waals surface area contributed by atoms with Gasteiger partial charge in [0.1, 0.15) is 5.82 Å². The average molecular weight is 248 g/mol. The van der Waals surface area contributed by atoms with Crippen molar-refractivity contribution in [3.05, 3.63) is 59.1 Å². The molecule has 1 atom stereocenters. The van der Waals surface area contributed by atoms with Gasteiger partial charge in [0.05, 0.1) is 6.54 Å². The van der Waals surface area contributed by atoms with E-state index in [-0.39, 0.29) is 6.04 Å². The fraction of sp³-hybridized carbons (Fsp3) is 0.231. The summed E-state index contributed by atoms with van der Waals surface area (Å²) in [5.41, 5.74) is 1.09. The first-order chi connectivity index (χ1) is 8.27. The molecule has 88 valence electrons. The van der Waals surface area contributed by atoms with E-state index in [1.54, 1.807) is 18.5 Å². The predicted molar refractivity (Wildman–Crippen MR) is 68.7 cm³/mol. The van der Waals surface area contributed by atoms with Crippen molar-refractivity contribution in [2.45, 2.75) is 19.5 Å². The summed E-state index contributed by atoms with van der Waals surface area (Å²) >= 11 is 6.13. The number of nitrogens with zero attached hydrogens (tertiary/aromatic N) is 2. The first-order valence-electron chi connectivity index (χ1n) is 5.51. The average Bonchev–Trinajstić information content (AvgIpc) is 2.38. The van der Waals surface area contributed by atoms with Crippen molar-refractivity contribution in [2.75, 3.05) is 0 Å². The van der Waals surface area contributed by atoms with Gasteiger partial charge in [-0.25, -0.2) is 9.97 Å². The van der Waals surface area contributed by atoms with Gasteiger partial charge >= 0.3 is 0 Å². The molecule has 0 saturated carbocycles. The third kappa shape index (κ3) is 3.25. The number of hydrogen-bond acceptors (Lipinski definition) is 3. The Morgan fingerprint density at radius 3 is 2.59 bits per heavy atom. The first-order valence-corrected chi connectivity index (χ1v) is 5.89. The maximum atomic E-state index is 6.13. The van der Waals surface area contributed by atoms with Crippen LogP contribution in [0.2, 0.25) is 5.02 Å². The minimum absolute atomic E-state index is 0.174. The lowest BCUT2D eigenvalue weighted by Crippen LogP contribution is -2.19. The van der Waals surface area contributed by atoms with Crippen LogP contribution < -0.4 is 5.32 Å². The standard InChI is InChI=1S/C13H14ClN3/c1-10(11-5-2-3-6-12(11)14)17-9-13-15-7-4-8-16-13/h2-8,10,17H,9H2,1H3/t10-/m1/s1. The number of nitrogens with one attached hydrogen (secondary N) is 1. The molecule has 0 aliphatic rings. The Bertz CT molecular complexity index is 473. The highest BCUT2D eigenvalue weighted by atomic mass is 35.5. The molecule has 0 radical (unpaired) electrons. The summed E-state index contributed by atoms with van der Waals surface area (Å²) in [5.74, 6) is 0.784. The van der Waals surface area contributed by atoms with Gasteiger partial charge in [-0.2, -0.15) is 0 Å². The monoisotopic (exact) mass is 247 g/mol. The molecule has 0 saturated heterocycles. The second-order valence-corrected chi connectivity index (χ2v) is 4.20. The van der Waals surface area contributed by atoms with E-state index in [1.807, 2.05) is 24.3 Å². The van der Waals surface area contributed by atoms with Crippen molar-refractivity contribution in [1.29, 1.82) is 0 Å². The lowest BCUT2D eigenvalue weighted by Gasteiger charge is -2.14. The van der Waals surface area contributed by atoms with Gasteiger partial charge in [-0.3, -0.25) is 0 Å². The van der Waals surface area contributed by atoms with Crippen LogP contribution in [-0.4, -0.2) is 9.97 Å². The van der Waals surface area contributed by atoms with Crippen molar-refractivity contribution in [2.24, 2.45) is 0 Å². The van der Waals surface area contributed by atoms with Crippen molar-refractivity contribution >= 4 is 11.6 Å². The van der Waals surface area contributed by atoms with Gasteiger partial charge in [0.15, 0.2) is 0 Å². The largest absolute Gasteiger partial charge is 0.303 e. The highest BCUT2D eigenvalue weighted by molar-refractivity contribution is 6.31. The summed E-state index contributed by atoms with van der Waals surface area (Å²) in [6.45, 7) is 2.71. The van der Waals surface area contributed by atoms with Crippen LogP contribution >= 0.6 is 11.6 Å². The number of hydrogen-bond donors (Lipinski definition) is 1. The van der Waals surface area contributed by atoms with Gasteiger partial charge in [0, 0.05) is 23.5 Å². The maximum Gasteiger partial charge on any atom is 0.141 e. The molecule has 3 nitrogen and oxygen atoms in total. The molecule has 1 heterocycles. The summed E-state index contributed by atoms with van der Waals surface area (Å²) in [5, 5.41) is 4.13. The summed E-state index contributed by atoms with van der Waals surface area (Å²) in [7, 11) is 0. The molecule has 1 aromatic heterocycles. The van der Waals surface area contributed by atoms with E-state index in [2.05, 4.69) is 22.2 Å². The highest BCUT2D eigenvalue weighted by Crippen LogP contribution is 2.22. The van der Waals surface area contributed by atoms with E-state index in [4.69, 9.17) is 11.6 Å². The summed E-state index contributed by atoms with van der Waals surface area (Å²) < 4.78 is 0. The van der Waals surface area contributed by atoms with Crippen molar-refractivity contribution < 1.29 is 0 Å². The Labute approximate surface area is 106 Å². The molecule has 0 unspecified atom stereocenters. The zero-order chi connectivity index (χ0) is 12.1. The van der Waals surface area contributed by atoms with Gasteiger partial charge < -0.3 is 5.32 Å². The van der Waals surface area contributed by atoms with Gasteiger partial charge in [-0.05, 0) is 24.6 Å². The van der Waals surface area contributed by atoms with E-state index in [1.165, 1.54) is 0 Å². The molecule has 0 aliphatic heterocycles. The molecule has 0 aliphatic carbocycles. The fourth-order valence-corrected chi connectivity index (χ4v) is 1.90. The zero-order valence-electron chi connectivity index (χ0n) is 9.60. The Morgan fingerprint density at radius 1 is 1.18 bits per heavy atom. The van der Waals surface area contributed by atoms with E-state index >= 15 is 0 Å². The Kier molecular flexibility index (Phi) is 4.07. The maximum absolute atomic E-state index is 6.13. The molecule has 1 N–H and O–H groups in total. The Balaban J connectivity index is 1.99. The van der Waals surface area contributed by atoms with Crippen LogP contribution in [0.25, 0.3) is 0 Å². The molecular weight excluding hydrogens is 234 g/mol. The smallest absolute Gasteiger partial charge is 0.141 e. The third-order valence-corrected chi connectivity index (χ3v) is 2.90. The van der Waals surface area contributed by atoms with E-state index < -0.39 is 0 Å². The van der Waals surface area contributed by atoms with Gasteiger partial charge in [0.2, 0.25) is 0 Å². The van der Waals surface area contributed by atoms with Crippen LogP contribution in [0.3, 0.4) is 0 Å². The van der Waals surface area contributed by atoms with E-state index in [0.29, 0.717) is 6.54 Å². The quantitative estimate of drug-likeness (QED) is 0.903. The lowest BCUT2D eigenvalue weighted by molar-refractivity contribution is 0.559. The molecule has 0 spiro atoms.